The van der Waals surface area contributed by atoms with Crippen molar-refractivity contribution < 1.29 is 14.3 Å². The first-order valence-corrected chi connectivity index (χ1v) is 10.8. The van der Waals surface area contributed by atoms with E-state index in [1.165, 1.54) is 0 Å². The van der Waals surface area contributed by atoms with E-state index in [0.29, 0.717) is 29.7 Å². The molecule has 144 valence electrons. The number of ether oxygens (including phenoxy) is 2. The lowest BCUT2D eigenvalue weighted by Gasteiger charge is -2.10. The first kappa shape index (κ1) is 20.3. The van der Waals surface area contributed by atoms with E-state index in [2.05, 4.69) is 4.98 Å². The minimum Gasteiger partial charge on any atom is -0.487 e. The zero-order valence-corrected chi connectivity index (χ0v) is 17.1. The number of aromatic nitrogens is 1. The summed E-state index contributed by atoms with van der Waals surface area (Å²) in [6.07, 6.45) is 2.87. The van der Waals surface area contributed by atoms with Crippen LogP contribution >= 0.6 is 35.0 Å². The Morgan fingerprint density at radius 1 is 1.26 bits per heavy atom. The van der Waals surface area contributed by atoms with Crippen molar-refractivity contribution in [1.82, 2.24) is 4.98 Å². The maximum atomic E-state index is 10.4. The average Bonchev–Trinajstić information content (AvgIpc) is 3.43. The minimum absolute atomic E-state index is 0.0550. The summed E-state index contributed by atoms with van der Waals surface area (Å²) in [4.78, 5) is 15.0. The van der Waals surface area contributed by atoms with Crippen molar-refractivity contribution in [2.75, 3.05) is 11.6 Å². The van der Waals surface area contributed by atoms with E-state index in [9.17, 15) is 4.79 Å². The Bertz CT molecular complexity index is 775. The molecule has 2 atom stereocenters. The van der Waals surface area contributed by atoms with Gasteiger partial charge in [0.05, 0.1) is 10.7 Å². The van der Waals surface area contributed by atoms with E-state index < -0.39 is 0 Å². The molecule has 1 saturated carbocycles. The molecule has 0 spiro atoms. The average molecular weight is 426 g/mol. The second kappa shape index (κ2) is 10.2. The molecule has 0 saturated heterocycles. The van der Waals surface area contributed by atoms with Crippen LogP contribution in [0.5, 0.6) is 5.75 Å². The topological polar surface area (TPSA) is 48.4 Å². The number of thioether (sulfide) groups is 1. The highest BCUT2D eigenvalue weighted by atomic mass is 35.5. The fourth-order valence-electron chi connectivity index (χ4n) is 2.77. The zero-order valence-electron chi connectivity index (χ0n) is 14.8. The molecular weight excluding hydrogens is 405 g/mol. The molecule has 3 rings (SSSR count). The van der Waals surface area contributed by atoms with Crippen LogP contribution in [0.15, 0.2) is 41.4 Å². The fraction of sp³-hybridized carbons (Fsp3) is 0.400. The van der Waals surface area contributed by atoms with Gasteiger partial charge in [0.25, 0.3) is 6.47 Å². The second-order valence-electron chi connectivity index (χ2n) is 6.30. The molecule has 2 aromatic rings. The highest BCUT2D eigenvalue weighted by Crippen LogP contribution is 2.46. The van der Waals surface area contributed by atoms with Gasteiger partial charge in [-0.15, -0.1) is 23.4 Å². The number of rotatable bonds is 11. The van der Waals surface area contributed by atoms with E-state index in [0.717, 1.165) is 41.3 Å². The van der Waals surface area contributed by atoms with Gasteiger partial charge in [-0.05, 0) is 54.8 Å². The first-order chi connectivity index (χ1) is 13.2. The number of unbranched alkanes of at least 4 members (excludes halogenated alkanes) is 1. The Kier molecular flexibility index (Phi) is 7.68. The van der Waals surface area contributed by atoms with Crippen LogP contribution in [0, 0.1) is 0 Å². The van der Waals surface area contributed by atoms with Crippen LogP contribution in [0.4, 0.5) is 0 Å². The van der Waals surface area contributed by atoms with Gasteiger partial charge in [-0.3, -0.25) is 4.79 Å². The summed E-state index contributed by atoms with van der Waals surface area (Å²) >= 11 is 13.8. The molecule has 1 heterocycles. The van der Waals surface area contributed by atoms with Gasteiger partial charge in [-0.1, -0.05) is 23.7 Å². The van der Waals surface area contributed by atoms with E-state index in [1.807, 2.05) is 30.3 Å². The number of carbonyl (C=O) groups is 1. The molecule has 27 heavy (non-hydrogen) atoms. The lowest BCUT2D eigenvalue weighted by atomic mass is 10.1. The Morgan fingerprint density at radius 3 is 2.93 bits per heavy atom. The molecule has 0 N–H and O–H groups in total. The summed E-state index contributed by atoms with van der Waals surface area (Å²) in [5, 5.41) is 1.63. The minimum atomic E-state index is -0.0550. The first-order valence-electron chi connectivity index (χ1n) is 8.87. The van der Waals surface area contributed by atoms with E-state index >= 15 is 0 Å². The zero-order chi connectivity index (χ0) is 19.1. The molecule has 2 unspecified atom stereocenters. The van der Waals surface area contributed by atoms with Crippen LogP contribution in [0.1, 0.15) is 36.4 Å². The fourth-order valence-corrected chi connectivity index (χ4v) is 4.18. The normalized spacial score (nSPS) is 18.1. The Hall–Kier alpha value is -1.43. The van der Waals surface area contributed by atoms with E-state index in [1.54, 1.807) is 17.8 Å². The quantitative estimate of drug-likeness (QED) is 0.207. The molecular formula is C20H21Cl2NO3S. The van der Waals surface area contributed by atoms with Gasteiger partial charge in [0.1, 0.15) is 18.5 Å². The number of benzene rings is 1. The van der Waals surface area contributed by atoms with E-state index in [4.69, 9.17) is 32.7 Å². The van der Waals surface area contributed by atoms with Crippen LogP contribution in [0.3, 0.4) is 0 Å². The number of nitrogens with zero attached hydrogens (tertiary/aromatic N) is 1. The number of alkyl halides is 1. The van der Waals surface area contributed by atoms with Crippen molar-refractivity contribution in [2.45, 2.75) is 42.9 Å². The molecule has 0 amide bonds. The monoisotopic (exact) mass is 425 g/mol. The standard InChI is InChI=1S/C20H21Cl2NO3S/c21-8-1-2-9-27-20-5-3-4-14(23-20)12-25-15-6-7-16(18(22)10-15)17-11-19(17)26-13-24/h3-7,10,13,17,19H,1-2,8-9,11-12H2. The molecule has 1 aliphatic carbocycles. The number of hydrogen-bond donors (Lipinski definition) is 0. The Balaban J connectivity index is 1.52. The third-order valence-corrected chi connectivity index (χ3v) is 5.89. The molecule has 7 heteroatoms. The van der Waals surface area contributed by atoms with E-state index in [-0.39, 0.29) is 12.0 Å². The van der Waals surface area contributed by atoms with Crippen LogP contribution in [0.25, 0.3) is 0 Å². The number of halogens is 2. The molecule has 0 radical (unpaired) electrons. The Labute approximate surface area is 173 Å². The summed E-state index contributed by atoms with van der Waals surface area (Å²) < 4.78 is 10.8. The van der Waals surface area contributed by atoms with Crippen molar-refractivity contribution in [3.63, 3.8) is 0 Å². The summed E-state index contributed by atoms with van der Waals surface area (Å²) in [6.45, 7) is 0.874. The van der Waals surface area contributed by atoms with Gasteiger partial charge in [-0.2, -0.15) is 0 Å². The van der Waals surface area contributed by atoms with Crippen LogP contribution < -0.4 is 4.74 Å². The maximum absolute atomic E-state index is 10.4. The molecule has 1 fully saturated rings. The summed E-state index contributed by atoms with van der Waals surface area (Å²) in [7, 11) is 0. The van der Waals surface area contributed by atoms with Gasteiger partial charge in [0, 0.05) is 16.8 Å². The summed E-state index contributed by atoms with van der Waals surface area (Å²) in [5.74, 6) is 2.59. The van der Waals surface area contributed by atoms with Crippen LogP contribution in [0.2, 0.25) is 5.02 Å². The number of carbonyl (C=O) groups excluding carboxylic acids is 1. The predicted molar refractivity (Wildman–Crippen MR) is 109 cm³/mol. The highest BCUT2D eigenvalue weighted by Gasteiger charge is 2.41. The number of hydrogen-bond acceptors (Lipinski definition) is 5. The lowest BCUT2D eigenvalue weighted by Crippen LogP contribution is -2.00. The number of pyridine rings is 1. The van der Waals surface area contributed by atoms with Crippen molar-refractivity contribution in [3.05, 3.63) is 52.7 Å². The highest BCUT2D eigenvalue weighted by molar-refractivity contribution is 7.99. The van der Waals surface area contributed by atoms with Crippen molar-refractivity contribution >= 4 is 41.4 Å². The molecule has 1 aromatic carbocycles. The maximum Gasteiger partial charge on any atom is 0.293 e. The largest absolute Gasteiger partial charge is 0.487 e. The molecule has 0 aliphatic heterocycles. The van der Waals surface area contributed by atoms with Crippen molar-refractivity contribution in [3.8, 4) is 5.75 Å². The molecule has 1 aromatic heterocycles. The SMILES string of the molecule is O=COC1CC1c1ccc(OCc2cccc(SCCCCCl)n2)cc1Cl. The van der Waals surface area contributed by atoms with Gasteiger partial charge >= 0.3 is 0 Å². The van der Waals surface area contributed by atoms with Gasteiger partial charge < -0.3 is 9.47 Å². The lowest BCUT2D eigenvalue weighted by molar-refractivity contribution is -0.129. The van der Waals surface area contributed by atoms with Crippen LogP contribution in [-0.4, -0.2) is 29.2 Å². The molecule has 4 nitrogen and oxygen atoms in total. The summed E-state index contributed by atoms with van der Waals surface area (Å²) in [5.41, 5.74) is 1.86. The molecule has 0 bridgehead atoms. The van der Waals surface area contributed by atoms with Crippen LogP contribution in [-0.2, 0) is 16.1 Å². The molecule has 1 aliphatic rings. The second-order valence-corrected chi connectivity index (χ2v) is 8.20. The Morgan fingerprint density at radius 2 is 2.15 bits per heavy atom. The van der Waals surface area contributed by atoms with Crippen molar-refractivity contribution in [1.29, 1.82) is 0 Å². The van der Waals surface area contributed by atoms with Gasteiger partial charge in [-0.25, -0.2) is 4.98 Å². The third kappa shape index (κ3) is 6.03. The smallest absolute Gasteiger partial charge is 0.293 e. The predicted octanol–water partition coefficient (Wildman–Crippen LogP) is 5.45. The van der Waals surface area contributed by atoms with Gasteiger partial charge in [0.2, 0.25) is 0 Å². The third-order valence-electron chi connectivity index (χ3n) is 4.28. The van der Waals surface area contributed by atoms with Gasteiger partial charge in [0.15, 0.2) is 0 Å². The van der Waals surface area contributed by atoms with Crippen molar-refractivity contribution in [2.24, 2.45) is 0 Å². The summed E-state index contributed by atoms with van der Waals surface area (Å²) in [6, 6.07) is 11.6.